The molecule has 2 heterocycles. The first kappa shape index (κ1) is 13.6. The lowest BCUT2D eigenvalue weighted by Gasteiger charge is -2.16. The Hall–Kier alpha value is -1.36. The van der Waals surface area contributed by atoms with Gasteiger partial charge in [-0.25, -0.2) is 0 Å². The molecular weight excluding hydrogens is 274 g/mol. The Bertz CT molecular complexity index is 495. The van der Waals surface area contributed by atoms with E-state index >= 15 is 0 Å². The number of aryl methyl sites for hydroxylation is 1. The molecule has 0 spiro atoms. The predicted octanol–water partition coefficient (Wildman–Crippen LogP) is 2.25. The first-order valence-electron chi connectivity index (χ1n) is 7.17. The number of amides is 1. The number of carbonyl (C=O) groups excluding carboxylic acids is 1. The number of hydrogen-bond donors (Lipinski definition) is 1. The van der Waals surface area contributed by atoms with Crippen LogP contribution in [0.25, 0.3) is 0 Å². The van der Waals surface area contributed by atoms with Crippen molar-refractivity contribution in [3.8, 4) is 0 Å². The summed E-state index contributed by atoms with van der Waals surface area (Å²) in [6.07, 6.45) is 3.50. The zero-order chi connectivity index (χ0) is 14.1. The first-order chi connectivity index (χ1) is 9.65. The highest BCUT2D eigenvalue weighted by molar-refractivity contribution is 7.07. The largest absolute Gasteiger partial charge is 0.481 e. The van der Waals surface area contributed by atoms with E-state index in [9.17, 15) is 14.7 Å². The molecule has 1 saturated heterocycles. The number of nitrogens with zero attached hydrogens (tertiary/aromatic N) is 1. The molecule has 0 aromatic carbocycles. The van der Waals surface area contributed by atoms with E-state index in [0.717, 1.165) is 19.3 Å². The number of carboxylic acid groups (broad SMARTS) is 1. The average Bonchev–Trinajstić information content (AvgIpc) is 2.97. The van der Waals surface area contributed by atoms with E-state index in [2.05, 4.69) is 5.38 Å². The highest BCUT2D eigenvalue weighted by Gasteiger charge is 2.46. The molecule has 0 radical (unpaired) electrons. The van der Waals surface area contributed by atoms with Crippen LogP contribution in [0, 0.1) is 17.8 Å². The lowest BCUT2D eigenvalue weighted by atomic mass is 9.92. The predicted molar refractivity (Wildman–Crippen MR) is 76.6 cm³/mol. The van der Waals surface area contributed by atoms with Crippen molar-refractivity contribution in [1.29, 1.82) is 0 Å². The topological polar surface area (TPSA) is 57.6 Å². The summed E-state index contributed by atoms with van der Waals surface area (Å²) in [5.74, 6) is -0.281. The molecular formula is C15H19NO3S. The maximum Gasteiger partial charge on any atom is 0.308 e. The molecule has 3 rings (SSSR count). The van der Waals surface area contributed by atoms with Gasteiger partial charge in [0.2, 0.25) is 5.91 Å². The van der Waals surface area contributed by atoms with E-state index in [-0.39, 0.29) is 17.7 Å². The summed E-state index contributed by atoms with van der Waals surface area (Å²) < 4.78 is 0. The van der Waals surface area contributed by atoms with Crippen LogP contribution in [0.5, 0.6) is 0 Å². The molecule has 20 heavy (non-hydrogen) atoms. The van der Waals surface area contributed by atoms with Gasteiger partial charge < -0.3 is 10.0 Å². The van der Waals surface area contributed by atoms with Crippen molar-refractivity contribution in [3.63, 3.8) is 0 Å². The Morgan fingerprint density at radius 2 is 2.15 bits per heavy atom. The Kier molecular flexibility index (Phi) is 3.78. The van der Waals surface area contributed by atoms with Crippen molar-refractivity contribution in [2.75, 3.05) is 13.1 Å². The number of aliphatic carboxylic acids is 1. The van der Waals surface area contributed by atoms with Crippen LogP contribution in [-0.4, -0.2) is 35.0 Å². The second-order valence-electron chi connectivity index (χ2n) is 5.88. The molecule has 0 bridgehead atoms. The Labute approximate surface area is 122 Å². The number of rotatable bonds is 5. The second kappa shape index (κ2) is 5.56. The van der Waals surface area contributed by atoms with Crippen LogP contribution in [0.2, 0.25) is 0 Å². The fourth-order valence-corrected chi connectivity index (χ4v) is 3.84. The Morgan fingerprint density at radius 3 is 2.75 bits per heavy atom. The maximum atomic E-state index is 12.2. The van der Waals surface area contributed by atoms with Gasteiger partial charge in [-0.05, 0) is 53.5 Å². The summed E-state index contributed by atoms with van der Waals surface area (Å²) in [7, 11) is 0. The molecule has 1 N–H and O–H groups in total. The van der Waals surface area contributed by atoms with Gasteiger partial charge in [-0.15, -0.1) is 0 Å². The molecule has 2 atom stereocenters. The molecule has 1 aromatic heterocycles. The molecule has 108 valence electrons. The quantitative estimate of drug-likeness (QED) is 0.906. The van der Waals surface area contributed by atoms with E-state index in [4.69, 9.17) is 0 Å². The second-order valence-corrected chi connectivity index (χ2v) is 6.66. The number of likely N-dealkylation sites (tertiary alicyclic amines) is 1. The van der Waals surface area contributed by atoms with Crippen molar-refractivity contribution in [2.45, 2.75) is 25.7 Å². The fraction of sp³-hybridized carbons (Fsp3) is 0.600. The maximum absolute atomic E-state index is 12.2. The SMILES string of the molecule is O=C(O)[C@H]1CN(C(=O)CCc2ccsc2)C[C@@H]1C1CC1. The third-order valence-corrected chi connectivity index (χ3v) is 5.20. The van der Waals surface area contributed by atoms with Crippen LogP contribution in [0.4, 0.5) is 0 Å². The van der Waals surface area contributed by atoms with Crippen LogP contribution < -0.4 is 0 Å². The summed E-state index contributed by atoms with van der Waals surface area (Å²) in [6.45, 7) is 1.04. The van der Waals surface area contributed by atoms with Gasteiger partial charge in [0, 0.05) is 19.5 Å². The first-order valence-corrected chi connectivity index (χ1v) is 8.11. The summed E-state index contributed by atoms with van der Waals surface area (Å²) in [4.78, 5) is 25.3. The van der Waals surface area contributed by atoms with E-state index in [1.54, 1.807) is 16.2 Å². The normalized spacial score (nSPS) is 25.9. The van der Waals surface area contributed by atoms with Gasteiger partial charge in [0.1, 0.15) is 0 Å². The summed E-state index contributed by atoms with van der Waals surface area (Å²) >= 11 is 1.64. The number of hydrogen-bond acceptors (Lipinski definition) is 3. The number of thiophene rings is 1. The standard InChI is InChI=1S/C15H19NO3S/c17-14(4-1-10-5-6-20-9-10)16-7-12(11-2-3-11)13(8-16)15(18)19/h5-6,9,11-13H,1-4,7-8H2,(H,18,19)/t12-,13+/m1/s1. The van der Waals surface area contributed by atoms with Gasteiger partial charge >= 0.3 is 5.97 Å². The Balaban J connectivity index is 1.57. The summed E-state index contributed by atoms with van der Waals surface area (Å²) in [5, 5.41) is 13.4. The van der Waals surface area contributed by atoms with Crippen LogP contribution >= 0.6 is 11.3 Å². The third kappa shape index (κ3) is 2.87. The van der Waals surface area contributed by atoms with Gasteiger partial charge in [0.25, 0.3) is 0 Å². The van der Waals surface area contributed by atoms with Crippen molar-refractivity contribution in [3.05, 3.63) is 22.4 Å². The third-order valence-electron chi connectivity index (χ3n) is 4.47. The lowest BCUT2D eigenvalue weighted by Crippen LogP contribution is -2.30. The molecule has 2 fully saturated rings. The molecule has 0 unspecified atom stereocenters. The monoisotopic (exact) mass is 293 g/mol. The summed E-state index contributed by atoms with van der Waals surface area (Å²) in [5.41, 5.74) is 1.19. The molecule has 1 aliphatic carbocycles. The molecule has 1 aromatic rings. The molecule has 1 saturated carbocycles. The van der Waals surface area contributed by atoms with Crippen LogP contribution in [0.3, 0.4) is 0 Å². The van der Waals surface area contributed by atoms with Crippen molar-refractivity contribution in [2.24, 2.45) is 17.8 Å². The molecule has 4 nitrogen and oxygen atoms in total. The minimum Gasteiger partial charge on any atom is -0.481 e. The van der Waals surface area contributed by atoms with Crippen molar-refractivity contribution < 1.29 is 14.7 Å². The summed E-state index contributed by atoms with van der Waals surface area (Å²) in [6, 6.07) is 2.04. The van der Waals surface area contributed by atoms with Crippen molar-refractivity contribution >= 4 is 23.2 Å². The number of carboxylic acids is 1. The van der Waals surface area contributed by atoms with E-state index < -0.39 is 5.97 Å². The average molecular weight is 293 g/mol. The van der Waals surface area contributed by atoms with Crippen LogP contribution in [0.1, 0.15) is 24.8 Å². The van der Waals surface area contributed by atoms with Gasteiger partial charge in [-0.2, -0.15) is 11.3 Å². The molecule has 1 aliphatic heterocycles. The number of carbonyl (C=O) groups is 2. The van der Waals surface area contributed by atoms with Gasteiger partial charge in [-0.1, -0.05) is 0 Å². The zero-order valence-electron chi connectivity index (χ0n) is 11.3. The lowest BCUT2D eigenvalue weighted by molar-refractivity contribution is -0.142. The van der Waals surface area contributed by atoms with E-state index in [1.165, 1.54) is 5.56 Å². The van der Waals surface area contributed by atoms with Crippen molar-refractivity contribution in [1.82, 2.24) is 4.90 Å². The Morgan fingerprint density at radius 1 is 1.35 bits per heavy atom. The minimum atomic E-state index is -0.741. The smallest absolute Gasteiger partial charge is 0.308 e. The highest BCUT2D eigenvalue weighted by Crippen LogP contribution is 2.44. The fourth-order valence-electron chi connectivity index (χ4n) is 3.14. The van der Waals surface area contributed by atoms with Gasteiger partial charge in [0.05, 0.1) is 5.92 Å². The minimum absolute atomic E-state index is 0.102. The molecule has 1 amide bonds. The van der Waals surface area contributed by atoms with Gasteiger partial charge in [0.15, 0.2) is 0 Å². The van der Waals surface area contributed by atoms with E-state index in [0.29, 0.717) is 25.4 Å². The molecule has 5 heteroatoms. The highest BCUT2D eigenvalue weighted by atomic mass is 32.1. The van der Waals surface area contributed by atoms with Crippen LogP contribution in [-0.2, 0) is 16.0 Å². The zero-order valence-corrected chi connectivity index (χ0v) is 12.1. The van der Waals surface area contributed by atoms with Gasteiger partial charge in [-0.3, -0.25) is 9.59 Å². The van der Waals surface area contributed by atoms with E-state index in [1.807, 2.05) is 11.4 Å². The van der Waals surface area contributed by atoms with Crippen LogP contribution in [0.15, 0.2) is 16.8 Å². The molecule has 2 aliphatic rings.